The number of aliphatic hydroxyl groups excluding tert-OH is 1. The van der Waals surface area contributed by atoms with Gasteiger partial charge in [-0.3, -0.25) is 19.9 Å². The number of nitriles is 1. The lowest BCUT2D eigenvalue weighted by molar-refractivity contribution is -0.0538. The lowest BCUT2D eigenvalue weighted by atomic mass is 10.1. The van der Waals surface area contributed by atoms with Gasteiger partial charge in [-0.2, -0.15) is 5.26 Å². The molecule has 2 aliphatic rings. The Morgan fingerprint density at radius 1 is 1.36 bits per heavy atom. The van der Waals surface area contributed by atoms with E-state index in [0.717, 1.165) is 6.54 Å². The van der Waals surface area contributed by atoms with E-state index >= 15 is 0 Å². The first kappa shape index (κ1) is 25.5. The molecule has 0 radical (unpaired) electrons. The highest BCUT2D eigenvalue weighted by Gasteiger charge is 2.29. The van der Waals surface area contributed by atoms with Crippen molar-refractivity contribution in [1.29, 1.82) is 5.26 Å². The standard InChI is InChI=1S/C24H30N8O4/c1-29-6-7-31(23(34)14-29)11-16-4-5-22(27-19(16)15-33)30(2)24(35)28-21-8-20(17(9-25)10-26-21)32-12-18(13-32)36-3/h4-5,8,10,15,18,23,34H,6-7,11-14H2,1-3H3,(H,26,28,35). The van der Waals surface area contributed by atoms with E-state index in [9.17, 15) is 20.0 Å². The molecule has 0 saturated carbocycles. The van der Waals surface area contributed by atoms with Gasteiger partial charge in [-0.05, 0) is 18.7 Å². The monoisotopic (exact) mass is 494 g/mol. The Balaban J connectivity index is 1.45. The molecule has 190 valence electrons. The first-order valence-corrected chi connectivity index (χ1v) is 11.6. The van der Waals surface area contributed by atoms with Gasteiger partial charge in [-0.1, -0.05) is 6.07 Å². The van der Waals surface area contributed by atoms with E-state index in [1.165, 1.54) is 11.1 Å². The molecule has 1 atom stereocenters. The number of hydrogen-bond acceptors (Lipinski definition) is 10. The molecule has 2 saturated heterocycles. The van der Waals surface area contributed by atoms with Crippen molar-refractivity contribution in [2.75, 3.05) is 69.0 Å². The SMILES string of the molecule is COC1CN(c2cc(NC(=O)N(C)c3ccc(CN4CCN(C)CC4O)c(C=O)n3)ncc2C#N)C1. The minimum absolute atomic E-state index is 0.106. The summed E-state index contributed by atoms with van der Waals surface area (Å²) in [6.07, 6.45) is 1.56. The fraction of sp³-hybridized carbons (Fsp3) is 0.458. The first-order valence-electron chi connectivity index (χ1n) is 11.6. The number of urea groups is 1. The van der Waals surface area contributed by atoms with Gasteiger partial charge in [0, 0.05) is 65.7 Å². The van der Waals surface area contributed by atoms with Crippen LogP contribution in [0.5, 0.6) is 0 Å². The van der Waals surface area contributed by atoms with E-state index in [2.05, 4.69) is 21.4 Å². The molecule has 1 unspecified atom stereocenters. The van der Waals surface area contributed by atoms with Crippen LogP contribution >= 0.6 is 0 Å². The normalized spacial score (nSPS) is 18.9. The molecule has 2 aliphatic heterocycles. The average Bonchev–Trinajstić information content (AvgIpc) is 2.85. The second-order valence-corrected chi connectivity index (χ2v) is 9.00. The van der Waals surface area contributed by atoms with Crippen LogP contribution in [-0.4, -0.2) is 103 Å². The van der Waals surface area contributed by atoms with Crippen molar-refractivity contribution in [3.05, 3.63) is 41.2 Å². The highest BCUT2D eigenvalue weighted by Crippen LogP contribution is 2.28. The second kappa shape index (κ2) is 11.0. The number of pyridine rings is 2. The van der Waals surface area contributed by atoms with Crippen LogP contribution in [0.25, 0.3) is 0 Å². The number of amides is 2. The third-order valence-corrected chi connectivity index (χ3v) is 6.56. The number of methoxy groups -OCH3 is 1. The maximum atomic E-state index is 12.9. The predicted octanol–water partition coefficient (Wildman–Crippen LogP) is 0.730. The average molecular weight is 495 g/mol. The fourth-order valence-corrected chi connectivity index (χ4v) is 4.19. The smallest absolute Gasteiger partial charge is 0.328 e. The zero-order valence-electron chi connectivity index (χ0n) is 20.6. The Labute approximate surface area is 209 Å². The number of aromatic nitrogens is 2. The third kappa shape index (κ3) is 5.44. The topological polar surface area (TPSA) is 138 Å². The van der Waals surface area contributed by atoms with Crippen LogP contribution < -0.4 is 15.1 Å². The number of carbonyl (C=O) groups excluding carboxylic acids is 2. The highest BCUT2D eigenvalue weighted by atomic mass is 16.5. The summed E-state index contributed by atoms with van der Waals surface area (Å²) in [6, 6.07) is 6.69. The minimum Gasteiger partial charge on any atom is -0.378 e. The fourth-order valence-electron chi connectivity index (χ4n) is 4.19. The van der Waals surface area contributed by atoms with Gasteiger partial charge in [0.2, 0.25) is 0 Å². The van der Waals surface area contributed by atoms with Gasteiger partial charge in [0.15, 0.2) is 6.29 Å². The number of rotatable bonds is 7. The number of aliphatic hydroxyl groups is 1. The van der Waals surface area contributed by atoms with Gasteiger partial charge in [0.25, 0.3) is 0 Å². The molecule has 2 aromatic rings. The molecule has 12 nitrogen and oxygen atoms in total. The Kier molecular flexibility index (Phi) is 7.76. The van der Waals surface area contributed by atoms with Crippen LogP contribution in [0.2, 0.25) is 0 Å². The van der Waals surface area contributed by atoms with Crippen molar-refractivity contribution >= 4 is 29.6 Å². The molecule has 4 rings (SSSR count). The summed E-state index contributed by atoms with van der Waals surface area (Å²) in [7, 11) is 5.14. The third-order valence-electron chi connectivity index (χ3n) is 6.56. The number of nitrogens with one attached hydrogen (secondary N) is 1. The van der Waals surface area contributed by atoms with E-state index in [-0.39, 0.29) is 23.4 Å². The lowest BCUT2D eigenvalue weighted by Crippen LogP contribution is -2.52. The zero-order chi connectivity index (χ0) is 25.8. The maximum absolute atomic E-state index is 12.9. The van der Waals surface area contributed by atoms with E-state index in [0.29, 0.717) is 55.8 Å². The Hall–Kier alpha value is -3.63. The molecule has 4 heterocycles. The molecule has 36 heavy (non-hydrogen) atoms. The van der Waals surface area contributed by atoms with Gasteiger partial charge < -0.3 is 19.6 Å². The minimum atomic E-state index is -0.627. The summed E-state index contributed by atoms with van der Waals surface area (Å²) in [6.45, 7) is 3.70. The molecule has 2 amide bonds. The number of likely N-dealkylation sites (N-methyl/N-ethyl adjacent to an activating group) is 1. The molecule has 12 heteroatoms. The molecular weight excluding hydrogens is 464 g/mol. The van der Waals surface area contributed by atoms with Gasteiger partial charge in [0.1, 0.15) is 29.6 Å². The molecule has 0 spiro atoms. The molecule has 0 aliphatic carbocycles. The quantitative estimate of drug-likeness (QED) is 0.530. The van der Waals surface area contributed by atoms with E-state index in [4.69, 9.17) is 4.74 Å². The van der Waals surface area contributed by atoms with Gasteiger partial charge in [-0.15, -0.1) is 0 Å². The van der Waals surface area contributed by atoms with Crippen molar-refractivity contribution in [2.45, 2.75) is 18.9 Å². The number of anilines is 3. The van der Waals surface area contributed by atoms with E-state index in [1.807, 2.05) is 21.7 Å². The van der Waals surface area contributed by atoms with Crippen LogP contribution in [0.15, 0.2) is 24.4 Å². The predicted molar refractivity (Wildman–Crippen MR) is 133 cm³/mol. The van der Waals surface area contributed by atoms with Gasteiger partial charge in [0.05, 0.1) is 17.4 Å². The van der Waals surface area contributed by atoms with E-state index in [1.54, 1.807) is 32.4 Å². The van der Waals surface area contributed by atoms with E-state index < -0.39 is 12.3 Å². The molecule has 2 aromatic heterocycles. The first-order chi connectivity index (χ1) is 17.3. The number of carbonyl (C=O) groups is 2. The molecule has 0 aromatic carbocycles. The lowest BCUT2D eigenvalue weighted by Gasteiger charge is -2.40. The summed E-state index contributed by atoms with van der Waals surface area (Å²) in [5, 5.41) is 22.5. The Morgan fingerprint density at radius 3 is 2.81 bits per heavy atom. The number of ether oxygens (including phenoxy) is 1. The van der Waals surface area contributed by atoms with Crippen LogP contribution in [-0.2, 0) is 11.3 Å². The number of hydrogen-bond donors (Lipinski definition) is 2. The molecule has 2 N–H and O–H groups in total. The Bertz CT molecular complexity index is 1160. The van der Waals surface area contributed by atoms with Crippen molar-refractivity contribution in [3.63, 3.8) is 0 Å². The van der Waals surface area contributed by atoms with Crippen LogP contribution in [0.3, 0.4) is 0 Å². The van der Waals surface area contributed by atoms with Crippen LogP contribution in [0.4, 0.5) is 22.1 Å². The second-order valence-electron chi connectivity index (χ2n) is 9.00. The highest BCUT2D eigenvalue weighted by molar-refractivity contribution is 6.00. The van der Waals surface area contributed by atoms with Gasteiger partial charge >= 0.3 is 6.03 Å². The van der Waals surface area contributed by atoms with Gasteiger partial charge in [-0.25, -0.2) is 14.8 Å². The maximum Gasteiger partial charge on any atom is 0.328 e. The number of nitrogens with zero attached hydrogens (tertiary/aromatic N) is 7. The Morgan fingerprint density at radius 2 is 2.14 bits per heavy atom. The number of β-amino-alcohol motifs (C(OH)–C–C–N with tert-alkyl or cyclic N) is 1. The summed E-state index contributed by atoms with van der Waals surface area (Å²) in [5.41, 5.74) is 1.97. The summed E-state index contributed by atoms with van der Waals surface area (Å²) >= 11 is 0. The van der Waals surface area contributed by atoms with Crippen molar-refractivity contribution in [2.24, 2.45) is 0 Å². The molecular formula is C24H30N8O4. The number of aldehydes is 1. The largest absolute Gasteiger partial charge is 0.378 e. The van der Waals surface area contributed by atoms with Crippen LogP contribution in [0, 0.1) is 11.3 Å². The summed E-state index contributed by atoms with van der Waals surface area (Å²) in [5.74, 6) is 0.579. The van der Waals surface area contributed by atoms with Crippen molar-refractivity contribution in [3.8, 4) is 6.07 Å². The number of piperazine rings is 1. The van der Waals surface area contributed by atoms with Crippen LogP contribution in [0.1, 0.15) is 21.6 Å². The van der Waals surface area contributed by atoms with Crippen molar-refractivity contribution < 1.29 is 19.4 Å². The van der Waals surface area contributed by atoms with Crippen molar-refractivity contribution in [1.82, 2.24) is 19.8 Å². The molecule has 0 bridgehead atoms. The molecule has 2 fully saturated rings. The zero-order valence-corrected chi connectivity index (χ0v) is 20.6. The summed E-state index contributed by atoms with van der Waals surface area (Å²) in [4.78, 5) is 40.4. The summed E-state index contributed by atoms with van der Waals surface area (Å²) < 4.78 is 5.30.